The van der Waals surface area contributed by atoms with Crippen molar-refractivity contribution in [1.29, 1.82) is 0 Å². The number of benzene rings is 1. The summed E-state index contributed by atoms with van der Waals surface area (Å²) in [6.45, 7) is 1.66. The van der Waals surface area contributed by atoms with E-state index in [1.54, 1.807) is 19.1 Å². The molecule has 0 saturated heterocycles. The van der Waals surface area contributed by atoms with E-state index in [0.717, 1.165) is 18.3 Å². The van der Waals surface area contributed by atoms with Crippen molar-refractivity contribution < 1.29 is 22.4 Å². The zero-order valence-electron chi connectivity index (χ0n) is 18.3. The molecule has 0 radical (unpaired) electrons. The molecule has 1 N–H and O–H groups in total. The molecule has 0 bridgehead atoms. The van der Waals surface area contributed by atoms with Crippen LogP contribution in [0.1, 0.15) is 27.2 Å². The first-order chi connectivity index (χ1) is 16.6. The molecule has 3 heterocycles. The highest BCUT2D eigenvalue weighted by Crippen LogP contribution is 2.31. The predicted molar refractivity (Wildman–Crippen MR) is 121 cm³/mol. The number of carbonyl (C=O) groups excluding carboxylic acids is 1. The maximum Gasteiger partial charge on any atom is 0.433 e. The molecule has 0 aliphatic carbocycles. The fourth-order valence-electron chi connectivity index (χ4n) is 3.59. The number of aryl methyl sites for hydroxylation is 1. The monoisotopic (exact) mass is 482 g/mol. The number of nitrogens with one attached hydrogen (secondary N) is 1. The number of pyridine rings is 3. The first-order valence-electron chi connectivity index (χ1n) is 10.4. The Labute approximate surface area is 196 Å². The number of anilines is 1. The lowest BCUT2D eigenvalue weighted by Gasteiger charge is -2.23. The van der Waals surface area contributed by atoms with Crippen LogP contribution in [0.4, 0.5) is 23.2 Å². The molecule has 35 heavy (non-hydrogen) atoms. The molecule has 1 amide bonds. The molecule has 0 spiro atoms. The summed E-state index contributed by atoms with van der Waals surface area (Å²) in [7, 11) is 0. The second-order valence-corrected chi connectivity index (χ2v) is 7.75. The Morgan fingerprint density at radius 3 is 2.54 bits per heavy atom. The van der Waals surface area contributed by atoms with Gasteiger partial charge in [-0.15, -0.1) is 0 Å². The third-order valence-corrected chi connectivity index (χ3v) is 5.19. The first kappa shape index (κ1) is 23.8. The van der Waals surface area contributed by atoms with Crippen LogP contribution in [0.5, 0.6) is 0 Å². The third-order valence-electron chi connectivity index (χ3n) is 5.19. The Bertz CT molecular complexity index is 1450. The van der Waals surface area contributed by atoms with E-state index in [-0.39, 0.29) is 23.4 Å². The quantitative estimate of drug-likeness (QED) is 0.400. The predicted octanol–water partition coefficient (Wildman–Crippen LogP) is 5.15. The molecule has 0 atom stereocenters. The molecule has 3 aromatic heterocycles. The number of hydrogen-bond acceptors (Lipinski definition) is 4. The number of aromatic amines is 1. The Morgan fingerprint density at radius 2 is 1.86 bits per heavy atom. The summed E-state index contributed by atoms with van der Waals surface area (Å²) >= 11 is 0. The van der Waals surface area contributed by atoms with Crippen LogP contribution >= 0.6 is 0 Å². The number of H-pyrrole nitrogens is 1. The van der Waals surface area contributed by atoms with Gasteiger partial charge >= 0.3 is 6.18 Å². The van der Waals surface area contributed by atoms with Gasteiger partial charge in [0.25, 0.3) is 5.91 Å². The maximum absolute atomic E-state index is 13.9. The van der Waals surface area contributed by atoms with Crippen molar-refractivity contribution in [3.63, 3.8) is 0 Å². The van der Waals surface area contributed by atoms with E-state index < -0.39 is 29.2 Å². The minimum Gasteiger partial charge on any atom is -0.329 e. The second-order valence-electron chi connectivity index (χ2n) is 7.75. The van der Waals surface area contributed by atoms with Crippen molar-refractivity contribution in [1.82, 2.24) is 15.0 Å². The number of alkyl halides is 3. The SMILES string of the molecule is Cc1cc(CN(C(=O)c2cc[nH]c(=O)c2)c2cccc(F)c2)cnc1-c1ccnc(C(F)(F)F)c1. The molecule has 4 aromatic rings. The van der Waals surface area contributed by atoms with Gasteiger partial charge in [-0.3, -0.25) is 19.6 Å². The Kier molecular flexibility index (Phi) is 6.46. The van der Waals surface area contributed by atoms with Gasteiger partial charge in [0.05, 0.1) is 12.2 Å². The molecular formula is C25H18F4N4O2. The molecule has 0 unspecified atom stereocenters. The number of aromatic nitrogens is 3. The summed E-state index contributed by atoms with van der Waals surface area (Å²) in [5.41, 5.74) is 0.589. The average Bonchev–Trinajstić information content (AvgIpc) is 2.82. The minimum atomic E-state index is -4.59. The van der Waals surface area contributed by atoms with Crippen LogP contribution in [0.3, 0.4) is 0 Å². The van der Waals surface area contributed by atoms with Gasteiger partial charge in [-0.1, -0.05) is 12.1 Å². The van der Waals surface area contributed by atoms with Crippen LogP contribution in [-0.2, 0) is 12.7 Å². The van der Waals surface area contributed by atoms with Crippen LogP contribution in [0.15, 0.2) is 78.0 Å². The number of hydrogen-bond donors (Lipinski definition) is 1. The summed E-state index contributed by atoms with van der Waals surface area (Å²) in [5.74, 6) is -1.08. The lowest BCUT2D eigenvalue weighted by molar-refractivity contribution is -0.141. The number of nitrogens with zero attached hydrogens (tertiary/aromatic N) is 3. The molecule has 6 nitrogen and oxygen atoms in total. The summed E-state index contributed by atoms with van der Waals surface area (Å²) < 4.78 is 53.1. The van der Waals surface area contributed by atoms with Crippen LogP contribution in [0.2, 0.25) is 0 Å². The zero-order valence-corrected chi connectivity index (χ0v) is 18.3. The second kappa shape index (κ2) is 9.49. The number of rotatable bonds is 5. The summed E-state index contributed by atoms with van der Waals surface area (Å²) in [6.07, 6.45) is -0.745. The molecule has 4 rings (SSSR count). The Morgan fingerprint density at radius 1 is 1.06 bits per heavy atom. The third kappa shape index (κ3) is 5.43. The van der Waals surface area contributed by atoms with Crippen LogP contribution in [0.25, 0.3) is 11.3 Å². The molecule has 0 saturated carbocycles. The van der Waals surface area contributed by atoms with Crippen molar-refractivity contribution in [3.05, 3.63) is 112 Å². The van der Waals surface area contributed by atoms with Gasteiger partial charge < -0.3 is 9.88 Å². The van der Waals surface area contributed by atoms with E-state index in [9.17, 15) is 27.2 Å². The molecule has 0 aliphatic rings. The highest BCUT2D eigenvalue weighted by Gasteiger charge is 2.32. The molecule has 0 fully saturated rings. The molecule has 1 aromatic carbocycles. The van der Waals surface area contributed by atoms with Crippen molar-refractivity contribution in [2.75, 3.05) is 4.90 Å². The lowest BCUT2D eigenvalue weighted by atomic mass is 10.0. The Hall–Kier alpha value is -4.34. The summed E-state index contributed by atoms with van der Waals surface area (Å²) in [5, 5.41) is 0. The highest BCUT2D eigenvalue weighted by molar-refractivity contribution is 6.05. The first-order valence-corrected chi connectivity index (χ1v) is 10.4. The fraction of sp³-hybridized carbons (Fsp3) is 0.120. The van der Waals surface area contributed by atoms with E-state index in [1.807, 2.05) is 0 Å². The lowest BCUT2D eigenvalue weighted by Crippen LogP contribution is -2.31. The molecular weight excluding hydrogens is 464 g/mol. The van der Waals surface area contributed by atoms with E-state index in [2.05, 4.69) is 15.0 Å². The van der Waals surface area contributed by atoms with Crippen molar-refractivity contribution in [2.45, 2.75) is 19.6 Å². The van der Waals surface area contributed by atoms with Crippen LogP contribution in [0, 0.1) is 12.7 Å². The summed E-state index contributed by atoms with van der Waals surface area (Å²) in [6, 6.07) is 12.1. The van der Waals surface area contributed by atoms with Crippen molar-refractivity contribution in [3.8, 4) is 11.3 Å². The normalized spacial score (nSPS) is 11.3. The standard InChI is InChI=1S/C25H18F4N4O2/c1-15-9-16(13-32-23(15)17-5-7-30-21(10-17)25(27,28)29)14-33(20-4-2-3-19(26)12-20)24(35)18-6-8-31-22(34)11-18/h2-13H,14H2,1H3,(H,31,34). The van der Waals surface area contributed by atoms with Crippen molar-refractivity contribution in [2.24, 2.45) is 0 Å². The van der Waals surface area contributed by atoms with E-state index in [0.29, 0.717) is 16.8 Å². The van der Waals surface area contributed by atoms with Gasteiger partial charge in [-0.05, 0) is 54.4 Å². The highest BCUT2D eigenvalue weighted by atomic mass is 19.4. The van der Waals surface area contributed by atoms with Crippen LogP contribution < -0.4 is 10.5 Å². The maximum atomic E-state index is 13.9. The average molecular weight is 482 g/mol. The Balaban J connectivity index is 1.69. The molecule has 0 aliphatic heterocycles. The topological polar surface area (TPSA) is 79.0 Å². The van der Waals surface area contributed by atoms with Crippen molar-refractivity contribution >= 4 is 11.6 Å². The van der Waals surface area contributed by atoms with E-state index >= 15 is 0 Å². The minimum absolute atomic E-state index is 0.0205. The number of carbonyl (C=O) groups is 1. The zero-order chi connectivity index (χ0) is 25.2. The van der Waals surface area contributed by atoms with E-state index in [1.165, 1.54) is 47.6 Å². The van der Waals surface area contributed by atoms with Gasteiger partial charge in [0, 0.05) is 41.5 Å². The van der Waals surface area contributed by atoms with Gasteiger partial charge in [0.15, 0.2) is 0 Å². The number of halogens is 4. The molecule has 10 heteroatoms. The van der Waals surface area contributed by atoms with Gasteiger partial charge in [0.2, 0.25) is 5.56 Å². The summed E-state index contributed by atoms with van der Waals surface area (Å²) in [4.78, 5) is 36.3. The van der Waals surface area contributed by atoms with Crippen LogP contribution in [-0.4, -0.2) is 20.9 Å². The number of amides is 1. The fourth-order valence-corrected chi connectivity index (χ4v) is 3.59. The van der Waals surface area contributed by atoms with Gasteiger partial charge in [-0.2, -0.15) is 13.2 Å². The smallest absolute Gasteiger partial charge is 0.329 e. The van der Waals surface area contributed by atoms with E-state index in [4.69, 9.17) is 0 Å². The largest absolute Gasteiger partial charge is 0.433 e. The van der Waals surface area contributed by atoms with Gasteiger partial charge in [0.1, 0.15) is 11.5 Å². The van der Waals surface area contributed by atoms with Gasteiger partial charge in [-0.25, -0.2) is 4.39 Å². The molecule has 178 valence electrons.